The molecule has 0 N–H and O–H groups in total. The molecule has 43 heavy (non-hydrogen) atoms. The Bertz CT molecular complexity index is 1340. The zero-order valence-electron chi connectivity index (χ0n) is 24.2. The van der Waals surface area contributed by atoms with Crippen LogP contribution in [0, 0.1) is 0 Å². The van der Waals surface area contributed by atoms with E-state index in [1.54, 1.807) is 12.1 Å². The summed E-state index contributed by atoms with van der Waals surface area (Å²) < 4.78 is 96.2. The summed E-state index contributed by atoms with van der Waals surface area (Å²) in [5, 5.41) is 0. The molecule has 2 aliphatic rings. The molecule has 4 rings (SSSR count). The third kappa shape index (κ3) is 11.1. The van der Waals surface area contributed by atoms with Crippen molar-refractivity contribution in [3.63, 3.8) is 0 Å². The van der Waals surface area contributed by atoms with Crippen LogP contribution in [0.4, 0.5) is 0 Å². The largest absolute Gasteiger partial charge is 0.494 e. The van der Waals surface area contributed by atoms with Gasteiger partial charge in [-0.2, -0.15) is 24.8 Å². The lowest BCUT2D eigenvalue weighted by molar-refractivity contribution is 0.0357. The van der Waals surface area contributed by atoms with Crippen LogP contribution in [0.5, 0.6) is 11.5 Å². The maximum atomic E-state index is 13.0. The maximum absolute atomic E-state index is 13.0. The first-order valence-electron chi connectivity index (χ1n) is 14.1. The van der Waals surface area contributed by atoms with E-state index in [0.29, 0.717) is 39.6 Å². The minimum absolute atomic E-state index is 0.271. The van der Waals surface area contributed by atoms with Crippen LogP contribution in [0.25, 0.3) is 0 Å². The van der Waals surface area contributed by atoms with E-state index in [4.69, 9.17) is 26.9 Å². The minimum Gasteiger partial charge on any atom is -0.494 e. The van der Waals surface area contributed by atoms with Gasteiger partial charge in [0.25, 0.3) is 0 Å². The molecule has 0 spiro atoms. The highest BCUT2D eigenvalue weighted by Gasteiger charge is 2.34. The monoisotopic (exact) mass is 662 g/mol. The summed E-state index contributed by atoms with van der Waals surface area (Å²) in [4.78, 5) is 3.80. The molecule has 0 aliphatic carbocycles. The quantitative estimate of drug-likeness (QED) is 0.192. The Labute approximate surface area is 253 Å². The second-order valence-corrected chi connectivity index (χ2v) is 15.6. The molecule has 2 aromatic rings. The number of benzene rings is 2. The molecule has 0 amide bonds. The van der Waals surface area contributed by atoms with Crippen molar-refractivity contribution in [2.45, 2.75) is 22.6 Å². The Hall–Kier alpha value is -2.07. The Kier molecular flexibility index (Phi) is 12.4. The zero-order valence-corrected chi connectivity index (χ0v) is 26.7. The van der Waals surface area contributed by atoms with Crippen LogP contribution in [-0.4, -0.2) is 112 Å². The fourth-order valence-corrected chi connectivity index (χ4v) is 9.37. The number of ether oxygens (including phenoxy) is 4. The van der Waals surface area contributed by atoms with Gasteiger partial charge in [-0.05, 0) is 37.1 Å². The van der Waals surface area contributed by atoms with Gasteiger partial charge in [0.1, 0.15) is 11.5 Å². The Morgan fingerprint density at radius 3 is 1.49 bits per heavy atom. The van der Waals surface area contributed by atoms with Crippen LogP contribution in [0.15, 0.2) is 58.3 Å². The van der Waals surface area contributed by atoms with E-state index < -0.39 is 27.8 Å². The van der Waals surface area contributed by atoms with Crippen LogP contribution in [-0.2, 0) is 42.2 Å². The third-order valence-electron chi connectivity index (χ3n) is 6.64. The predicted molar refractivity (Wildman–Crippen MR) is 158 cm³/mol. The molecule has 0 aromatic heterocycles. The Morgan fingerprint density at radius 2 is 1.09 bits per heavy atom. The first-order chi connectivity index (χ1) is 20.5. The molecule has 2 fully saturated rings. The molecule has 2 aromatic carbocycles. The standard InChI is InChI=1S/C27H39N2O11PS2/c1-41(30,39-42(31,32)26-8-2-6-24(22-26)37-16-4-10-28-12-18-35-19-13-28)40-43(33,34)27-9-3-7-25(23-27)38-17-5-11-29-14-20-36-21-15-29/h2-3,6-9,22-23H,4-5,10-21H2,1H3. The molecular formula is C27H39N2O11PS2. The fourth-order valence-electron chi connectivity index (χ4n) is 4.50. The first kappa shape index (κ1) is 33.8. The lowest BCUT2D eigenvalue weighted by Crippen LogP contribution is -2.37. The minimum atomic E-state index is -4.67. The van der Waals surface area contributed by atoms with Gasteiger partial charge in [-0.25, -0.2) is 0 Å². The number of nitrogens with zero attached hydrogens (tertiary/aromatic N) is 2. The smallest absolute Gasteiger partial charge is 0.357 e. The number of hydrogen-bond donors (Lipinski definition) is 0. The summed E-state index contributed by atoms with van der Waals surface area (Å²) in [6.45, 7) is 9.34. The molecule has 240 valence electrons. The summed E-state index contributed by atoms with van der Waals surface area (Å²) >= 11 is 0. The van der Waals surface area contributed by atoms with E-state index in [1.807, 2.05) is 0 Å². The van der Waals surface area contributed by atoms with Gasteiger partial charge >= 0.3 is 27.8 Å². The highest BCUT2D eigenvalue weighted by atomic mass is 32.2. The van der Waals surface area contributed by atoms with Gasteiger partial charge < -0.3 is 18.9 Å². The third-order valence-corrected chi connectivity index (χ3v) is 12.0. The van der Waals surface area contributed by atoms with E-state index >= 15 is 0 Å². The normalized spacial score (nSPS) is 17.5. The summed E-state index contributed by atoms with van der Waals surface area (Å²) in [5.41, 5.74) is 0. The number of morpholine rings is 2. The predicted octanol–water partition coefficient (Wildman–Crippen LogP) is 2.82. The summed E-state index contributed by atoms with van der Waals surface area (Å²) in [5.74, 6) is 0.542. The SMILES string of the molecule is CP(=O)(OS(=O)(=O)c1cccc(OCCCN2CCOCC2)c1)OS(=O)(=O)c1cccc(OCCCN2CCOCC2)c1. The van der Waals surface area contributed by atoms with Gasteiger partial charge in [0, 0.05) is 58.1 Å². The summed E-state index contributed by atoms with van der Waals surface area (Å²) in [7, 11) is -14.0. The van der Waals surface area contributed by atoms with Gasteiger partial charge in [0.05, 0.1) is 49.4 Å². The van der Waals surface area contributed by atoms with Gasteiger partial charge in [-0.1, -0.05) is 12.1 Å². The second-order valence-electron chi connectivity index (χ2n) is 10.1. The van der Waals surface area contributed by atoms with Crippen molar-refractivity contribution in [1.29, 1.82) is 0 Å². The van der Waals surface area contributed by atoms with E-state index in [2.05, 4.69) is 9.80 Å². The Morgan fingerprint density at radius 1 is 0.698 bits per heavy atom. The average molecular weight is 663 g/mol. The van der Waals surface area contributed by atoms with E-state index in [0.717, 1.165) is 58.8 Å². The van der Waals surface area contributed by atoms with Gasteiger partial charge in [-0.15, -0.1) is 0 Å². The van der Waals surface area contributed by atoms with Gasteiger partial charge in [0.15, 0.2) is 0 Å². The lowest BCUT2D eigenvalue weighted by Gasteiger charge is -2.26. The van der Waals surface area contributed by atoms with Gasteiger partial charge in [0.2, 0.25) is 0 Å². The molecule has 0 saturated carbocycles. The van der Waals surface area contributed by atoms with Crippen LogP contribution in [0.3, 0.4) is 0 Å². The van der Waals surface area contributed by atoms with Crippen molar-refractivity contribution < 1.29 is 48.3 Å². The van der Waals surface area contributed by atoms with Gasteiger partial charge in [-0.3, -0.25) is 14.4 Å². The molecule has 0 bridgehead atoms. The molecule has 0 unspecified atom stereocenters. The molecule has 2 saturated heterocycles. The molecule has 2 heterocycles. The van der Waals surface area contributed by atoms with Crippen molar-refractivity contribution in [2.24, 2.45) is 0 Å². The summed E-state index contributed by atoms with van der Waals surface area (Å²) in [6, 6.07) is 10.9. The Balaban J connectivity index is 1.29. The number of hydrogen-bond acceptors (Lipinski definition) is 13. The zero-order chi connectivity index (χ0) is 30.8. The van der Waals surface area contributed by atoms with Crippen molar-refractivity contribution in [3.05, 3.63) is 48.5 Å². The van der Waals surface area contributed by atoms with Crippen LogP contribution >= 0.6 is 7.60 Å². The van der Waals surface area contributed by atoms with Crippen molar-refractivity contribution >= 4 is 27.8 Å². The second kappa shape index (κ2) is 15.8. The fraction of sp³-hybridized carbons (Fsp3) is 0.556. The van der Waals surface area contributed by atoms with E-state index in [9.17, 15) is 21.4 Å². The van der Waals surface area contributed by atoms with Crippen LogP contribution in [0.1, 0.15) is 12.8 Å². The molecule has 0 atom stereocenters. The van der Waals surface area contributed by atoms with Crippen molar-refractivity contribution in [3.8, 4) is 11.5 Å². The van der Waals surface area contributed by atoms with Crippen molar-refractivity contribution in [1.82, 2.24) is 9.80 Å². The molecule has 0 radical (unpaired) electrons. The summed E-state index contributed by atoms with van der Waals surface area (Å²) in [6.07, 6.45) is 1.45. The molecule has 13 nitrogen and oxygen atoms in total. The lowest BCUT2D eigenvalue weighted by atomic mass is 10.3. The highest BCUT2D eigenvalue weighted by Crippen LogP contribution is 2.50. The van der Waals surface area contributed by atoms with Crippen molar-refractivity contribution in [2.75, 3.05) is 85.6 Å². The maximum Gasteiger partial charge on any atom is 0.357 e. The molecule has 2 aliphatic heterocycles. The topological polar surface area (TPSA) is 147 Å². The molecule has 16 heteroatoms. The number of rotatable bonds is 16. The highest BCUT2D eigenvalue weighted by molar-refractivity contribution is 7.95. The van der Waals surface area contributed by atoms with E-state index in [1.165, 1.54) is 36.4 Å². The first-order valence-corrected chi connectivity index (χ1v) is 18.9. The van der Waals surface area contributed by atoms with Crippen LogP contribution in [0.2, 0.25) is 0 Å². The average Bonchev–Trinajstić information content (AvgIpc) is 2.98. The van der Waals surface area contributed by atoms with Crippen LogP contribution < -0.4 is 9.47 Å². The molecular weight excluding hydrogens is 623 g/mol. The van der Waals surface area contributed by atoms with E-state index in [-0.39, 0.29) is 21.3 Å².